The smallest absolute Gasteiger partial charge is 0.188 e. The average Bonchev–Trinajstić information content (AvgIpc) is 2.65. The first-order valence-corrected chi connectivity index (χ1v) is 4.89. The molecule has 1 heterocycles. The zero-order chi connectivity index (χ0) is 10.1. The van der Waals surface area contributed by atoms with Gasteiger partial charge >= 0.3 is 0 Å². The van der Waals surface area contributed by atoms with E-state index in [2.05, 4.69) is 15.9 Å². The Balaban J connectivity index is 2.44. The van der Waals surface area contributed by atoms with Crippen LogP contribution in [0.1, 0.15) is 11.9 Å². The van der Waals surface area contributed by atoms with Gasteiger partial charge in [-0.05, 0) is 12.1 Å². The first-order valence-electron chi connectivity index (χ1n) is 4.10. The predicted molar refractivity (Wildman–Crippen MR) is 50.4 cm³/mol. The summed E-state index contributed by atoms with van der Waals surface area (Å²) in [7, 11) is 0. The summed E-state index contributed by atoms with van der Waals surface area (Å²) >= 11 is 3.18. The molecule has 1 aromatic carbocycles. The van der Waals surface area contributed by atoms with E-state index in [1.807, 2.05) is 0 Å². The molecule has 0 saturated carbocycles. The monoisotopic (exact) mass is 262 g/mol. The molecule has 1 aromatic rings. The molecule has 0 atom stereocenters. The Kier molecular flexibility index (Phi) is 2.71. The SMILES string of the molecule is Oc1ccc(Br)c(C2OCCO2)c1F. The molecule has 0 bridgehead atoms. The molecule has 14 heavy (non-hydrogen) atoms. The number of rotatable bonds is 1. The first kappa shape index (κ1) is 9.89. The van der Waals surface area contributed by atoms with E-state index in [4.69, 9.17) is 9.47 Å². The molecular formula is C9H8BrFO3. The van der Waals surface area contributed by atoms with Gasteiger partial charge in [-0.25, -0.2) is 4.39 Å². The van der Waals surface area contributed by atoms with Crippen LogP contribution >= 0.6 is 15.9 Å². The molecule has 2 rings (SSSR count). The Labute approximate surface area is 88.6 Å². The van der Waals surface area contributed by atoms with E-state index in [0.29, 0.717) is 17.7 Å². The lowest BCUT2D eigenvalue weighted by Crippen LogP contribution is -2.02. The van der Waals surface area contributed by atoms with Crippen molar-refractivity contribution in [2.75, 3.05) is 13.2 Å². The second-order valence-corrected chi connectivity index (χ2v) is 3.72. The number of halogens is 2. The van der Waals surface area contributed by atoms with Crippen LogP contribution in [0.15, 0.2) is 16.6 Å². The van der Waals surface area contributed by atoms with E-state index in [0.717, 1.165) is 0 Å². The van der Waals surface area contributed by atoms with E-state index >= 15 is 0 Å². The average molecular weight is 263 g/mol. The van der Waals surface area contributed by atoms with Gasteiger partial charge in [0.25, 0.3) is 0 Å². The van der Waals surface area contributed by atoms with Gasteiger partial charge in [0.1, 0.15) is 0 Å². The van der Waals surface area contributed by atoms with Crippen molar-refractivity contribution < 1.29 is 19.0 Å². The Morgan fingerprint density at radius 1 is 1.36 bits per heavy atom. The number of ether oxygens (including phenoxy) is 2. The molecule has 3 nitrogen and oxygen atoms in total. The molecule has 1 N–H and O–H groups in total. The van der Waals surface area contributed by atoms with Crippen LogP contribution in [0.4, 0.5) is 4.39 Å². The predicted octanol–water partition coefficient (Wildman–Crippen LogP) is 2.34. The fourth-order valence-electron chi connectivity index (χ4n) is 1.30. The molecule has 0 aromatic heterocycles. The molecule has 1 saturated heterocycles. The number of aromatic hydroxyl groups is 1. The van der Waals surface area contributed by atoms with Crippen LogP contribution < -0.4 is 0 Å². The number of phenolic OH excluding ortho intramolecular Hbond substituents is 1. The van der Waals surface area contributed by atoms with Crippen molar-refractivity contribution in [3.8, 4) is 5.75 Å². The van der Waals surface area contributed by atoms with Gasteiger partial charge in [0.15, 0.2) is 17.9 Å². The summed E-state index contributed by atoms with van der Waals surface area (Å²) in [6, 6.07) is 2.83. The van der Waals surface area contributed by atoms with Crippen molar-refractivity contribution >= 4 is 15.9 Å². The highest BCUT2D eigenvalue weighted by Crippen LogP contribution is 2.35. The molecule has 1 fully saturated rings. The third-order valence-corrected chi connectivity index (χ3v) is 2.66. The lowest BCUT2D eigenvalue weighted by molar-refractivity contribution is -0.0472. The third-order valence-electron chi connectivity index (χ3n) is 1.96. The normalized spacial score (nSPS) is 17.6. The maximum Gasteiger partial charge on any atom is 0.188 e. The first-order chi connectivity index (χ1) is 6.70. The van der Waals surface area contributed by atoms with Crippen LogP contribution in [-0.4, -0.2) is 18.3 Å². The van der Waals surface area contributed by atoms with Crippen molar-refractivity contribution in [3.05, 3.63) is 28.0 Å². The van der Waals surface area contributed by atoms with Crippen molar-refractivity contribution in [1.29, 1.82) is 0 Å². The highest BCUT2D eigenvalue weighted by Gasteiger charge is 2.25. The molecule has 0 radical (unpaired) electrons. The van der Waals surface area contributed by atoms with Crippen LogP contribution in [0.25, 0.3) is 0 Å². The van der Waals surface area contributed by atoms with Gasteiger partial charge in [0.2, 0.25) is 0 Å². The molecule has 76 valence electrons. The Hall–Kier alpha value is -0.650. The Bertz CT molecular complexity index is 350. The molecule has 1 aliphatic rings. The summed E-state index contributed by atoms with van der Waals surface area (Å²) in [6.45, 7) is 0.873. The van der Waals surface area contributed by atoms with E-state index in [1.165, 1.54) is 6.07 Å². The van der Waals surface area contributed by atoms with Gasteiger partial charge in [-0.1, -0.05) is 15.9 Å². The van der Waals surface area contributed by atoms with E-state index in [9.17, 15) is 9.50 Å². The summed E-state index contributed by atoms with van der Waals surface area (Å²) in [4.78, 5) is 0. The maximum atomic E-state index is 13.5. The standard InChI is InChI=1S/C9H8BrFO3/c10-5-1-2-6(12)8(11)7(5)9-13-3-4-14-9/h1-2,9,12H,3-4H2. The van der Waals surface area contributed by atoms with Gasteiger partial charge in [0, 0.05) is 4.47 Å². The molecule has 0 aliphatic carbocycles. The van der Waals surface area contributed by atoms with Gasteiger partial charge in [-0.2, -0.15) is 0 Å². The molecule has 0 amide bonds. The minimum atomic E-state index is -0.725. The minimum absolute atomic E-state index is 0.211. The van der Waals surface area contributed by atoms with Crippen LogP contribution in [0.3, 0.4) is 0 Å². The fourth-order valence-corrected chi connectivity index (χ4v) is 1.79. The highest BCUT2D eigenvalue weighted by molar-refractivity contribution is 9.10. The van der Waals surface area contributed by atoms with Gasteiger partial charge < -0.3 is 14.6 Å². The highest BCUT2D eigenvalue weighted by atomic mass is 79.9. The minimum Gasteiger partial charge on any atom is -0.505 e. The van der Waals surface area contributed by atoms with E-state index in [1.54, 1.807) is 6.07 Å². The van der Waals surface area contributed by atoms with Crippen molar-refractivity contribution in [2.45, 2.75) is 6.29 Å². The summed E-state index contributed by atoms with van der Waals surface area (Å²) in [5, 5.41) is 9.18. The summed E-state index contributed by atoms with van der Waals surface area (Å²) in [6.07, 6.45) is -0.725. The van der Waals surface area contributed by atoms with Gasteiger partial charge in [-0.15, -0.1) is 0 Å². The fraction of sp³-hybridized carbons (Fsp3) is 0.333. The topological polar surface area (TPSA) is 38.7 Å². The Morgan fingerprint density at radius 2 is 2.00 bits per heavy atom. The van der Waals surface area contributed by atoms with Crippen LogP contribution in [0.5, 0.6) is 5.75 Å². The van der Waals surface area contributed by atoms with Crippen LogP contribution in [-0.2, 0) is 9.47 Å². The number of hydrogen-bond acceptors (Lipinski definition) is 3. The molecule has 1 aliphatic heterocycles. The van der Waals surface area contributed by atoms with Crippen molar-refractivity contribution in [3.63, 3.8) is 0 Å². The zero-order valence-electron chi connectivity index (χ0n) is 7.17. The number of benzene rings is 1. The lowest BCUT2D eigenvalue weighted by atomic mass is 10.2. The summed E-state index contributed by atoms with van der Waals surface area (Å²) in [5.41, 5.74) is 0.211. The summed E-state index contributed by atoms with van der Waals surface area (Å²) < 4.78 is 24.3. The van der Waals surface area contributed by atoms with Gasteiger partial charge in [-0.3, -0.25) is 0 Å². The molecule has 0 spiro atoms. The molecule has 0 unspecified atom stereocenters. The third kappa shape index (κ3) is 1.63. The largest absolute Gasteiger partial charge is 0.505 e. The lowest BCUT2D eigenvalue weighted by Gasteiger charge is -2.12. The van der Waals surface area contributed by atoms with Crippen LogP contribution in [0.2, 0.25) is 0 Å². The van der Waals surface area contributed by atoms with E-state index < -0.39 is 17.9 Å². The number of hydrogen-bond donors (Lipinski definition) is 1. The second kappa shape index (κ2) is 3.84. The maximum absolute atomic E-state index is 13.5. The number of phenols is 1. The zero-order valence-corrected chi connectivity index (χ0v) is 8.75. The quantitative estimate of drug-likeness (QED) is 0.845. The van der Waals surface area contributed by atoms with Crippen molar-refractivity contribution in [2.24, 2.45) is 0 Å². The van der Waals surface area contributed by atoms with Crippen LogP contribution in [0, 0.1) is 5.82 Å². The Morgan fingerprint density at radius 3 is 2.64 bits per heavy atom. The van der Waals surface area contributed by atoms with Crippen molar-refractivity contribution in [1.82, 2.24) is 0 Å². The van der Waals surface area contributed by atoms with E-state index in [-0.39, 0.29) is 5.56 Å². The van der Waals surface area contributed by atoms with Gasteiger partial charge in [0.05, 0.1) is 18.8 Å². The summed E-state index contributed by atoms with van der Waals surface area (Å²) in [5.74, 6) is -1.10. The second-order valence-electron chi connectivity index (χ2n) is 2.87. The molecular weight excluding hydrogens is 255 g/mol. The molecule has 5 heteroatoms.